The standard InChI is InChI=1S/C16H22N2O3/c1-21-15(20)16(12-5-3-2-4-6-12)9-7-13(8-10-16)18-11-14(17)19/h2-6,13,18H,7-11H2,1H3,(H2,17,19). The number of amides is 1. The largest absolute Gasteiger partial charge is 0.468 e. The topological polar surface area (TPSA) is 81.4 Å². The van der Waals surface area contributed by atoms with Crippen molar-refractivity contribution in [2.24, 2.45) is 5.73 Å². The van der Waals surface area contributed by atoms with Crippen LogP contribution in [0, 0.1) is 0 Å². The lowest BCUT2D eigenvalue weighted by Gasteiger charge is -2.38. The third-order valence-electron chi connectivity index (χ3n) is 4.31. The fourth-order valence-electron chi connectivity index (χ4n) is 3.12. The van der Waals surface area contributed by atoms with E-state index in [1.54, 1.807) is 0 Å². The van der Waals surface area contributed by atoms with Crippen molar-refractivity contribution in [1.29, 1.82) is 0 Å². The van der Waals surface area contributed by atoms with Crippen LogP contribution in [-0.2, 0) is 19.7 Å². The van der Waals surface area contributed by atoms with E-state index >= 15 is 0 Å². The molecule has 1 aromatic carbocycles. The van der Waals surface area contributed by atoms with Crippen LogP contribution in [0.25, 0.3) is 0 Å². The highest BCUT2D eigenvalue weighted by Crippen LogP contribution is 2.40. The van der Waals surface area contributed by atoms with Crippen LogP contribution in [0.15, 0.2) is 30.3 Å². The Labute approximate surface area is 124 Å². The molecular weight excluding hydrogens is 268 g/mol. The van der Waals surface area contributed by atoms with Crippen molar-refractivity contribution in [1.82, 2.24) is 5.32 Å². The molecule has 0 aliphatic heterocycles. The maximum atomic E-state index is 12.3. The highest BCUT2D eigenvalue weighted by Gasteiger charge is 2.44. The summed E-state index contributed by atoms with van der Waals surface area (Å²) in [6.07, 6.45) is 3.05. The molecule has 0 saturated heterocycles. The number of nitrogens with two attached hydrogens (primary N) is 1. The normalized spacial score (nSPS) is 25.3. The number of carbonyl (C=O) groups is 2. The van der Waals surface area contributed by atoms with E-state index in [1.807, 2.05) is 30.3 Å². The molecule has 0 aromatic heterocycles. The minimum Gasteiger partial charge on any atom is -0.468 e. The molecule has 1 fully saturated rings. The number of benzene rings is 1. The van der Waals surface area contributed by atoms with E-state index in [1.165, 1.54) is 7.11 Å². The number of nitrogens with one attached hydrogen (secondary N) is 1. The molecule has 5 heteroatoms. The molecule has 1 aromatic rings. The van der Waals surface area contributed by atoms with E-state index in [0.29, 0.717) is 12.8 Å². The van der Waals surface area contributed by atoms with Gasteiger partial charge in [0.05, 0.1) is 19.1 Å². The van der Waals surface area contributed by atoms with Crippen LogP contribution in [0.5, 0.6) is 0 Å². The van der Waals surface area contributed by atoms with E-state index in [2.05, 4.69) is 5.32 Å². The lowest BCUT2D eigenvalue weighted by Crippen LogP contribution is -2.46. The summed E-state index contributed by atoms with van der Waals surface area (Å²) in [5, 5.41) is 3.14. The van der Waals surface area contributed by atoms with Gasteiger partial charge in [-0.15, -0.1) is 0 Å². The Kier molecular flexibility index (Phi) is 4.96. The zero-order valence-electron chi connectivity index (χ0n) is 12.3. The first-order valence-corrected chi connectivity index (χ1v) is 7.24. The predicted octanol–water partition coefficient (Wildman–Crippen LogP) is 1.11. The van der Waals surface area contributed by atoms with Crippen molar-refractivity contribution in [3.05, 3.63) is 35.9 Å². The molecule has 0 bridgehead atoms. The van der Waals surface area contributed by atoms with Gasteiger partial charge in [0.1, 0.15) is 0 Å². The monoisotopic (exact) mass is 290 g/mol. The summed E-state index contributed by atoms with van der Waals surface area (Å²) in [7, 11) is 1.43. The highest BCUT2D eigenvalue weighted by molar-refractivity contribution is 5.83. The Bertz CT molecular complexity index is 494. The molecule has 1 aliphatic carbocycles. The van der Waals surface area contributed by atoms with Crippen molar-refractivity contribution < 1.29 is 14.3 Å². The molecule has 114 valence electrons. The summed E-state index contributed by atoms with van der Waals surface area (Å²) in [5.74, 6) is -0.537. The molecule has 1 amide bonds. The summed E-state index contributed by atoms with van der Waals surface area (Å²) in [4.78, 5) is 23.2. The number of ether oxygens (including phenoxy) is 1. The van der Waals surface area contributed by atoms with Gasteiger partial charge in [0, 0.05) is 6.04 Å². The van der Waals surface area contributed by atoms with Gasteiger partial charge in [-0.25, -0.2) is 0 Å². The van der Waals surface area contributed by atoms with Crippen LogP contribution in [0.2, 0.25) is 0 Å². The zero-order chi connectivity index (χ0) is 15.3. The number of hydrogen-bond acceptors (Lipinski definition) is 4. The number of hydrogen-bond donors (Lipinski definition) is 2. The first-order chi connectivity index (χ1) is 10.1. The average molecular weight is 290 g/mol. The van der Waals surface area contributed by atoms with E-state index in [4.69, 9.17) is 10.5 Å². The van der Waals surface area contributed by atoms with Crippen LogP contribution in [-0.4, -0.2) is 31.6 Å². The second kappa shape index (κ2) is 6.72. The molecule has 0 spiro atoms. The molecule has 21 heavy (non-hydrogen) atoms. The van der Waals surface area contributed by atoms with Crippen LogP contribution in [0.1, 0.15) is 31.2 Å². The van der Waals surface area contributed by atoms with Crippen molar-refractivity contribution in [2.45, 2.75) is 37.1 Å². The Balaban J connectivity index is 2.11. The maximum Gasteiger partial charge on any atom is 0.316 e. The number of primary amides is 1. The summed E-state index contributed by atoms with van der Waals surface area (Å²) >= 11 is 0. The quantitative estimate of drug-likeness (QED) is 0.796. The van der Waals surface area contributed by atoms with Gasteiger partial charge in [0.15, 0.2) is 0 Å². The van der Waals surface area contributed by atoms with Gasteiger partial charge >= 0.3 is 5.97 Å². The molecule has 3 N–H and O–H groups in total. The molecule has 1 saturated carbocycles. The Morgan fingerprint density at radius 2 is 1.90 bits per heavy atom. The minimum absolute atomic E-state index is 0.179. The van der Waals surface area contributed by atoms with Crippen LogP contribution < -0.4 is 11.1 Å². The fourth-order valence-corrected chi connectivity index (χ4v) is 3.12. The second-order valence-electron chi connectivity index (χ2n) is 5.56. The van der Waals surface area contributed by atoms with Gasteiger partial charge in [-0.05, 0) is 31.2 Å². The first-order valence-electron chi connectivity index (χ1n) is 7.24. The van der Waals surface area contributed by atoms with Crippen molar-refractivity contribution >= 4 is 11.9 Å². The SMILES string of the molecule is COC(=O)C1(c2ccccc2)CCC(NCC(N)=O)CC1. The number of carbonyl (C=O) groups excluding carboxylic acids is 2. The number of methoxy groups -OCH3 is 1. The van der Waals surface area contributed by atoms with Gasteiger partial charge in [0.2, 0.25) is 5.91 Å². The molecule has 5 nitrogen and oxygen atoms in total. The lowest BCUT2D eigenvalue weighted by atomic mass is 9.68. The Morgan fingerprint density at radius 1 is 1.29 bits per heavy atom. The Hall–Kier alpha value is -1.88. The van der Waals surface area contributed by atoms with Gasteiger partial charge in [-0.2, -0.15) is 0 Å². The summed E-state index contributed by atoms with van der Waals surface area (Å²) in [6.45, 7) is 0.182. The lowest BCUT2D eigenvalue weighted by molar-refractivity contribution is -0.149. The summed E-state index contributed by atoms with van der Waals surface area (Å²) in [5.41, 5.74) is 5.58. The summed E-state index contributed by atoms with van der Waals surface area (Å²) < 4.78 is 5.05. The molecule has 0 heterocycles. The Morgan fingerprint density at radius 3 is 2.43 bits per heavy atom. The molecule has 1 aliphatic rings. The molecule has 2 rings (SSSR count). The second-order valence-corrected chi connectivity index (χ2v) is 5.56. The van der Waals surface area contributed by atoms with Gasteiger partial charge in [0.25, 0.3) is 0 Å². The van der Waals surface area contributed by atoms with E-state index in [0.717, 1.165) is 18.4 Å². The zero-order valence-corrected chi connectivity index (χ0v) is 12.3. The minimum atomic E-state index is -0.569. The highest BCUT2D eigenvalue weighted by atomic mass is 16.5. The van der Waals surface area contributed by atoms with Crippen molar-refractivity contribution in [3.8, 4) is 0 Å². The van der Waals surface area contributed by atoms with Crippen molar-refractivity contribution in [3.63, 3.8) is 0 Å². The van der Waals surface area contributed by atoms with E-state index in [9.17, 15) is 9.59 Å². The first kappa shape index (κ1) is 15.5. The fraction of sp³-hybridized carbons (Fsp3) is 0.500. The van der Waals surface area contributed by atoms with Crippen molar-refractivity contribution in [2.75, 3.05) is 13.7 Å². The average Bonchev–Trinajstić information content (AvgIpc) is 2.53. The van der Waals surface area contributed by atoms with Crippen LogP contribution in [0.3, 0.4) is 0 Å². The number of rotatable bonds is 5. The molecular formula is C16H22N2O3. The third kappa shape index (κ3) is 3.42. The van der Waals surface area contributed by atoms with Gasteiger partial charge < -0.3 is 15.8 Å². The predicted molar refractivity (Wildman–Crippen MR) is 79.6 cm³/mol. The maximum absolute atomic E-state index is 12.3. The van der Waals surface area contributed by atoms with Crippen LogP contribution in [0.4, 0.5) is 0 Å². The molecule has 0 unspecified atom stereocenters. The van der Waals surface area contributed by atoms with Crippen LogP contribution >= 0.6 is 0 Å². The number of esters is 1. The summed E-state index contributed by atoms with van der Waals surface area (Å²) in [6, 6.07) is 10.0. The van der Waals surface area contributed by atoms with Gasteiger partial charge in [-0.1, -0.05) is 30.3 Å². The van der Waals surface area contributed by atoms with Gasteiger partial charge in [-0.3, -0.25) is 9.59 Å². The molecule has 0 radical (unpaired) electrons. The van der Waals surface area contributed by atoms with E-state index in [-0.39, 0.29) is 24.5 Å². The van der Waals surface area contributed by atoms with E-state index < -0.39 is 5.41 Å². The third-order valence-corrected chi connectivity index (χ3v) is 4.31. The smallest absolute Gasteiger partial charge is 0.316 e. The molecule has 0 atom stereocenters.